The van der Waals surface area contributed by atoms with Crippen molar-refractivity contribution < 1.29 is 27.5 Å². The number of rotatable bonds is 3. The lowest BCUT2D eigenvalue weighted by atomic mass is 10.3. The SMILES string of the molecule is CCOC(=O)C(NC(C)=O)C(F)(F)F. The predicted octanol–water partition coefficient (Wildman–Crippen LogP) is 0.616. The van der Waals surface area contributed by atoms with Crippen LogP contribution in [0.25, 0.3) is 0 Å². The van der Waals surface area contributed by atoms with Gasteiger partial charge in [0.05, 0.1) is 6.61 Å². The smallest absolute Gasteiger partial charge is 0.419 e. The normalized spacial score (nSPS) is 13.2. The number of esters is 1. The molecular formula is C7H10F3NO3. The molecule has 0 fully saturated rings. The Balaban J connectivity index is 4.55. The maximum absolute atomic E-state index is 12.1. The second-order valence-electron chi connectivity index (χ2n) is 2.43. The lowest BCUT2D eigenvalue weighted by molar-refractivity contribution is -0.185. The fourth-order valence-corrected chi connectivity index (χ4v) is 0.703. The summed E-state index contributed by atoms with van der Waals surface area (Å²) in [5, 5.41) is 1.47. The summed E-state index contributed by atoms with van der Waals surface area (Å²) < 4.78 is 40.6. The number of hydrogen-bond acceptors (Lipinski definition) is 3. The molecule has 0 saturated heterocycles. The Hall–Kier alpha value is -1.27. The minimum atomic E-state index is -4.84. The van der Waals surface area contributed by atoms with Crippen molar-refractivity contribution in [1.82, 2.24) is 5.32 Å². The third-order valence-electron chi connectivity index (χ3n) is 1.20. The zero-order valence-corrected chi connectivity index (χ0v) is 7.64. The Morgan fingerprint density at radius 2 is 1.93 bits per heavy atom. The molecular weight excluding hydrogens is 203 g/mol. The maximum atomic E-state index is 12.1. The summed E-state index contributed by atoms with van der Waals surface area (Å²) in [7, 11) is 0. The summed E-state index contributed by atoms with van der Waals surface area (Å²) in [5.74, 6) is -2.45. The summed E-state index contributed by atoms with van der Waals surface area (Å²) >= 11 is 0. The van der Waals surface area contributed by atoms with Gasteiger partial charge >= 0.3 is 12.1 Å². The van der Waals surface area contributed by atoms with Crippen LogP contribution in [0.4, 0.5) is 13.2 Å². The average molecular weight is 213 g/mol. The first-order valence-corrected chi connectivity index (χ1v) is 3.79. The Kier molecular flexibility index (Phi) is 4.39. The van der Waals surface area contributed by atoms with Gasteiger partial charge in [0.25, 0.3) is 0 Å². The highest BCUT2D eigenvalue weighted by molar-refractivity contribution is 5.83. The highest BCUT2D eigenvalue weighted by Crippen LogP contribution is 2.21. The van der Waals surface area contributed by atoms with Gasteiger partial charge in [-0.1, -0.05) is 0 Å². The molecule has 0 heterocycles. The highest BCUT2D eigenvalue weighted by Gasteiger charge is 2.46. The van der Waals surface area contributed by atoms with Gasteiger partial charge in [0.2, 0.25) is 11.9 Å². The van der Waals surface area contributed by atoms with Gasteiger partial charge in [-0.3, -0.25) is 4.79 Å². The molecule has 1 amide bonds. The monoisotopic (exact) mass is 213 g/mol. The lowest BCUT2D eigenvalue weighted by Crippen LogP contribution is -2.50. The summed E-state index contributed by atoms with van der Waals surface area (Å²) in [6, 6.07) is -2.58. The summed E-state index contributed by atoms with van der Waals surface area (Å²) in [6.07, 6.45) is -4.84. The number of carbonyl (C=O) groups excluding carboxylic acids is 2. The zero-order chi connectivity index (χ0) is 11.4. The molecule has 1 unspecified atom stereocenters. The maximum Gasteiger partial charge on any atom is 0.419 e. The number of hydrogen-bond donors (Lipinski definition) is 1. The van der Waals surface area contributed by atoms with Gasteiger partial charge in [-0.15, -0.1) is 0 Å². The van der Waals surface area contributed by atoms with Gasteiger partial charge in [0, 0.05) is 6.92 Å². The summed E-state index contributed by atoms with van der Waals surface area (Å²) in [4.78, 5) is 21.2. The standard InChI is InChI=1S/C7H10F3NO3/c1-3-14-6(13)5(7(8,9)10)11-4(2)12/h5H,3H2,1-2H3,(H,11,12). The molecule has 1 N–H and O–H groups in total. The molecule has 0 saturated carbocycles. The zero-order valence-electron chi connectivity index (χ0n) is 7.64. The molecule has 0 aromatic heterocycles. The lowest BCUT2D eigenvalue weighted by Gasteiger charge is -2.18. The van der Waals surface area contributed by atoms with Crippen LogP contribution in [0, 0.1) is 0 Å². The van der Waals surface area contributed by atoms with Crippen molar-refractivity contribution in [3.8, 4) is 0 Å². The van der Waals surface area contributed by atoms with E-state index in [1.165, 1.54) is 12.2 Å². The number of nitrogens with one attached hydrogen (secondary N) is 1. The number of halogens is 3. The largest absolute Gasteiger partial charge is 0.464 e. The van der Waals surface area contributed by atoms with E-state index in [2.05, 4.69) is 4.74 Å². The van der Waals surface area contributed by atoms with Crippen LogP contribution >= 0.6 is 0 Å². The van der Waals surface area contributed by atoms with E-state index in [4.69, 9.17) is 0 Å². The molecule has 0 aliphatic rings. The van der Waals surface area contributed by atoms with Gasteiger partial charge < -0.3 is 10.1 Å². The first-order chi connectivity index (χ1) is 6.29. The van der Waals surface area contributed by atoms with E-state index >= 15 is 0 Å². The molecule has 0 aromatic rings. The molecule has 0 spiro atoms. The topological polar surface area (TPSA) is 55.4 Å². The van der Waals surface area contributed by atoms with Crippen LogP contribution in [0.1, 0.15) is 13.8 Å². The van der Waals surface area contributed by atoms with E-state index in [9.17, 15) is 22.8 Å². The van der Waals surface area contributed by atoms with Crippen molar-refractivity contribution in [2.75, 3.05) is 6.61 Å². The van der Waals surface area contributed by atoms with Crippen LogP contribution in [0.2, 0.25) is 0 Å². The molecule has 82 valence electrons. The van der Waals surface area contributed by atoms with Gasteiger partial charge in [-0.05, 0) is 6.92 Å². The first kappa shape index (κ1) is 12.7. The van der Waals surface area contributed by atoms with E-state index in [0.717, 1.165) is 6.92 Å². The Morgan fingerprint density at radius 1 is 1.43 bits per heavy atom. The van der Waals surface area contributed by atoms with Crippen molar-refractivity contribution in [2.45, 2.75) is 26.1 Å². The second kappa shape index (κ2) is 4.83. The quantitative estimate of drug-likeness (QED) is 0.699. The van der Waals surface area contributed by atoms with E-state index in [1.54, 1.807) is 0 Å². The van der Waals surface area contributed by atoms with Crippen LogP contribution < -0.4 is 5.32 Å². The van der Waals surface area contributed by atoms with Crippen molar-refractivity contribution in [3.05, 3.63) is 0 Å². The number of ether oxygens (including phenoxy) is 1. The van der Waals surface area contributed by atoms with Crippen LogP contribution in [-0.4, -0.2) is 30.7 Å². The van der Waals surface area contributed by atoms with Crippen molar-refractivity contribution >= 4 is 11.9 Å². The van der Waals surface area contributed by atoms with Crippen LogP contribution in [0.15, 0.2) is 0 Å². The van der Waals surface area contributed by atoms with E-state index in [-0.39, 0.29) is 6.61 Å². The van der Waals surface area contributed by atoms with E-state index < -0.39 is 24.1 Å². The summed E-state index contributed by atoms with van der Waals surface area (Å²) in [6.45, 7) is 2.09. The van der Waals surface area contributed by atoms with Crippen LogP contribution in [-0.2, 0) is 14.3 Å². The van der Waals surface area contributed by atoms with Crippen LogP contribution in [0.5, 0.6) is 0 Å². The third kappa shape index (κ3) is 4.11. The number of amides is 1. The predicted molar refractivity (Wildman–Crippen MR) is 40.3 cm³/mol. The fraction of sp³-hybridized carbons (Fsp3) is 0.714. The molecule has 14 heavy (non-hydrogen) atoms. The molecule has 1 atom stereocenters. The Morgan fingerprint density at radius 3 is 2.21 bits per heavy atom. The van der Waals surface area contributed by atoms with Gasteiger partial charge in [-0.25, -0.2) is 4.79 Å². The van der Waals surface area contributed by atoms with E-state index in [1.807, 2.05) is 0 Å². The van der Waals surface area contributed by atoms with E-state index in [0.29, 0.717) is 0 Å². The van der Waals surface area contributed by atoms with Crippen LogP contribution in [0.3, 0.4) is 0 Å². The number of alkyl halides is 3. The molecule has 0 aliphatic heterocycles. The molecule has 7 heteroatoms. The minimum absolute atomic E-state index is 0.176. The molecule has 0 aliphatic carbocycles. The first-order valence-electron chi connectivity index (χ1n) is 3.79. The molecule has 4 nitrogen and oxygen atoms in total. The summed E-state index contributed by atoms with van der Waals surface area (Å²) in [5.41, 5.74) is 0. The third-order valence-corrected chi connectivity index (χ3v) is 1.20. The molecule has 0 aromatic carbocycles. The van der Waals surface area contributed by atoms with Crippen molar-refractivity contribution in [3.63, 3.8) is 0 Å². The fourth-order valence-electron chi connectivity index (χ4n) is 0.703. The molecule has 0 bridgehead atoms. The van der Waals surface area contributed by atoms with Gasteiger partial charge in [-0.2, -0.15) is 13.2 Å². The average Bonchev–Trinajstić information content (AvgIpc) is 1.98. The molecule has 0 radical (unpaired) electrons. The van der Waals surface area contributed by atoms with Gasteiger partial charge in [0.1, 0.15) is 0 Å². The highest BCUT2D eigenvalue weighted by atomic mass is 19.4. The number of carbonyl (C=O) groups is 2. The Labute approximate surface area is 78.4 Å². The molecule has 0 rings (SSSR count). The second-order valence-corrected chi connectivity index (χ2v) is 2.43. The van der Waals surface area contributed by atoms with Crippen molar-refractivity contribution in [1.29, 1.82) is 0 Å². The van der Waals surface area contributed by atoms with Crippen molar-refractivity contribution in [2.24, 2.45) is 0 Å². The minimum Gasteiger partial charge on any atom is -0.464 e. The van der Waals surface area contributed by atoms with Gasteiger partial charge in [0.15, 0.2) is 0 Å². The Bertz CT molecular complexity index is 227.